The third kappa shape index (κ3) is 1.68. The quantitative estimate of drug-likeness (QED) is 0.559. The van der Waals surface area contributed by atoms with E-state index in [0.29, 0.717) is 6.20 Å². The molecule has 0 radical (unpaired) electrons. The Labute approximate surface area is 77.5 Å². The van der Waals surface area contributed by atoms with Crippen LogP contribution in [0.15, 0.2) is 6.20 Å². The summed E-state index contributed by atoms with van der Waals surface area (Å²) >= 11 is 0. The van der Waals surface area contributed by atoms with Crippen molar-refractivity contribution in [3.05, 3.63) is 23.3 Å². The molecule has 0 fully saturated rings. The highest BCUT2D eigenvalue weighted by atomic mass is 19.3. The molecule has 0 saturated carbocycles. The van der Waals surface area contributed by atoms with Gasteiger partial charge in [0.15, 0.2) is 6.29 Å². The Balaban J connectivity index is 3.40. The zero-order valence-corrected chi connectivity index (χ0v) is 7.13. The van der Waals surface area contributed by atoms with E-state index < -0.39 is 29.2 Å². The summed E-state index contributed by atoms with van der Waals surface area (Å²) in [7, 11) is 1.08. The molecule has 0 unspecified atom stereocenters. The summed E-state index contributed by atoms with van der Waals surface area (Å²) in [5.74, 6) is -1.59. The van der Waals surface area contributed by atoms with Crippen molar-refractivity contribution >= 4 is 6.29 Å². The van der Waals surface area contributed by atoms with Crippen molar-refractivity contribution in [3.63, 3.8) is 0 Å². The van der Waals surface area contributed by atoms with Crippen LogP contribution in [-0.2, 0) is 0 Å². The first-order valence-electron chi connectivity index (χ1n) is 3.57. The van der Waals surface area contributed by atoms with Crippen LogP contribution in [0.5, 0.6) is 5.75 Å². The van der Waals surface area contributed by atoms with E-state index in [1.807, 2.05) is 0 Å². The van der Waals surface area contributed by atoms with Crippen molar-refractivity contribution < 1.29 is 22.7 Å². The fourth-order valence-corrected chi connectivity index (χ4v) is 0.989. The lowest BCUT2D eigenvalue weighted by Gasteiger charge is -2.09. The van der Waals surface area contributed by atoms with Gasteiger partial charge in [0, 0.05) is 6.20 Å². The standard InChI is InChI=1S/C8H6F3NO2/c1-14-6-4(7(9)10)2-12-8(11)5(6)3-13/h2-3,7H,1H3. The topological polar surface area (TPSA) is 39.2 Å². The molecule has 0 aliphatic rings. The summed E-state index contributed by atoms with van der Waals surface area (Å²) in [6.07, 6.45) is -2.13. The third-order valence-corrected chi connectivity index (χ3v) is 1.60. The fourth-order valence-electron chi connectivity index (χ4n) is 0.989. The van der Waals surface area contributed by atoms with Crippen molar-refractivity contribution in [2.24, 2.45) is 0 Å². The van der Waals surface area contributed by atoms with Gasteiger partial charge in [-0.3, -0.25) is 4.79 Å². The number of rotatable bonds is 3. The fraction of sp³-hybridized carbons (Fsp3) is 0.250. The number of ether oxygens (including phenoxy) is 1. The Hall–Kier alpha value is -1.59. The molecule has 0 aliphatic carbocycles. The van der Waals surface area contributed by atoms with Crippen LogP contribution in [0, 0.1) is 5.95 Å². The van der Waals surface area contributed by atoms with E-state index in [0.717, 1.165) is 7.11 Å². The molecular formula is C8H6F3NO2. The lowest BCUT2D eigenvalue weighted by atomic mass is 10.2. The zero-order valence-electron chi connectivity index (χ0n) is 7.13. The number of hydrogen-bond acceptors (Lipinski definition) is 3. The number of alkyl halides is 2. The van der Waals surface area contributed by atoms with Gasteiger partial charge in [0.2, 0.25) is 5.95 Å². The average Bonchev–Trinajstić information content (AvgIpc) is 2.16. The lowest BCUT2D eigenvalue weighted by Crippen LogP contribution is -2.02. The lowest BCUT2D eigenvalue weighted by molar-refractivity contribution is 0.111. The van der Waals surface area contributed by atoms with Gasteiger partial charge in [0.25, 0.3) is 6.43 Å². The van der Waals surface area contributed by atoms with Crippen LogP contribution in [0.2, 0.25) is 0 Å². The molecule has 0 amide bonds. The smallest absolute Gasteiger partial charge is 0.268 e. The van der Waals surface area contributed by atoms with Gasteiger partial charge in [-0.2, -0.15) is 4.39 Å². The van der Waals surface area contributed by atoms with E-state index in [9.17, 15) is 18.0 Å². The van der Waals surface area contributed by atoms with Gasteiger partial charge in [0.1, 0.15) is 11.3 Å². The molecule has 1 aromatic rings. The van der Waals surface area contributed by atoms with E-state index >= 15 is 0 Å². The van der Waals surface area contributed by atoms with Crippen molar-refractivity contribution in [1.82, 2.24) is 4.98 Å². The Morgan fingerprint density at radius 2 is 2.21 bits per heavy atom. The van der Waals surface area contributed by atoms with Crippen molar-refractivity contribution in [1.29, 1.82) is 0 Å². The molecule has 1 rings (SSSR count). The summed E-state index contributed by atoms with van der Waals surface area (Å²) in [6.45, 7) is 0. The first-order chi connectivity index (χ1) is 6.61. The SMILES string of the molecule is COc1c(C(F)F)cnc(F)c1C=O. The third-order valence-electron chi connectivity index (χ3n) is 1.60. The second kappa shape index (κ2) is 4.08. The molecule has 6 heteroatoms. The number of hydrogen-bond donors (Lipinski definition) is 0. The Kier molecular flexibility index (Phi) is 3.06. The number of carbonyl (C=O) groups is 1. The van der Waals surface area contributed by atoms with E-state index in [2.05, 4.69) is 9.72 Å². The molecule has 14 heavy (non-hydrogen) atoms. The Morgan fingerprint density at radius 3 is 2.64 bits per heavy atom. The predicted molar refractivity (Wildman–Crippen MR) is 41.1 cm³/mol. The monoisotopic (exact) mass is 205 g/mol. The first kappa shape index (κ1) is 10.5. The molecule has 0 bridgehead atoms. The first-order valence-corrected chi connectivity index (χ1v) is 3.57. The molecule has 0 aliphatic heterocycles. The molecule has 0 N–H and O–H groups in total. The molecule has 0 atom stereocenters. The van der Waals surface area contributed by atoms with Gasteiger partial charge in [-0.25, -0.2) is 13.8 Å². The van der Waals surface area contributed by atoms with Gasteiger partial charge in [-0.05, 0) is 0 Å². The van der Waals surface area contributed by atoms with E-state index in [-0.39, 0.29) is 6.29 Å². The molecule has 1 heterocycles. The van der Waals surface area contributed by atoms with Crippen LogP contribution in [0.25, 0.3) is 0 Å². The predicted octanol–water partition coefficient (Wildman–Crippen LogP) is 1.98. The van der Waals surface area contributed by atoms with Gasteiger partial charge in [-0.15, -0.1) is 0 Å². The van der Waals surface area contributed by atoms with Crippen LogP contribution in [-0.4, -0.2) is 18.4 Å². The minimum atomic E-state index is -2.86. The Morgan fingerprint density at radius 1 is 1.57 bits per heavy atom. The molecule has 0 spiro atoms. The number of aromatic nitrogens is 1. The number of halogens is 3. The Bertz CT molecular complexity index is 355. The maximum atomic E-state index is 12.8. The summed E-state index contributed by atoms with van der Waals surface area (Å²) in [5, 5.41) is 0. The minimum absolute atomic E-state index is 0.0903. The van der Waals surface area contributed by atoms with Crippen LogP contribution >= 0.6 is 0 Å². The van der Waals surface area contributed by atoms with E-state index in [1.165, 1.54) is 0 Å². The maximum Gasteiger partial charge on any atom is 0.268 e. The number of nitrogens with zero attached hydrogens (tertiary/aromatic N) is 1. The highest BCUT2D eigenvalue weighted by Crippen LogP contribution is 2.31. The number of carbonyl (C=O) groups excluding carboxylic acids is 1. The highest BCUT2D eigenvalue weighted by molar-refractivity contribution is 5.80. The molecule has 3 nitrogen and oxygen atoms in total. The summed E-state index contributed by atoms with van der Waals surface area (Å²) < 4.78 is 41.9. The van der Waals surface area contributed by atoms with Gasteiger partial charge < -0.3 is 4.74 Å². The second-order valence-electron chi connectivity index (χ2n) is 2.37. The van der Waals surface area contributed by atoms with Crippen molar-refractivity contribution in [2.45, 2.75) is 6.43 Å². The van der Waals surface area contributed by atoms with Crippen LogP contribution in [0.1, 0.15) is 22.3 Å². The zero-order chi connectivity index (χ0) is 10.7. The highest BCUT2D eigenvalue weighted by Gasteiger charge is 2.20. The average molecular weight is 205 g/mol. The van der Waals surface area contributed by atoms with Crippen molar-refractivity contribution in [2.75, 3.05) is 7.11 Å². The largest absolute Gasteiger partial charge is 0.495 e. The summed E-state index contributed by atoms with van der Waals surface area (Å²) in [6, 6.07) is 0. The number of aldehydes is 1. The van der Waals surface area contributed by atoms with Gasteiger partial charge in [0.05, 0.1) is 12.7 Å². The van der Waals surface area contributed by atoms with Crippen LogP contribution in [0.3, 0.4) is 0 Å². The van der Waals surface area contributed by atoms with Crippen LogP contribution in [0.4, 0.5) is 13.2 Å². The normalized spacial score (nSPS) is 10.4. The van der Waals surface area contributed by atoms with E-state index in [4.69, 9.17) is 0 Å². The molecule has 76 valence electrons. The van der Waals surface area contributed by atoms with Gasteiger partial charge in [-0.1, -0.05) is 0 Å². The van der Waals surface area contributed by atoms with Crippen LogP contribution < -0.4 is 4.74 Å². The summed E-state index contributed by atoms with van der Waals surface area (Å²) in [4.78, 5) is 13.4. The maximum absolute atomic E-state index is 12.8. The second-order valence-corrected chi connectivity index (χ2v) is 2.37. The molecule has 0 saturated heterocycles. The molecule has 0 aromatic carbocycles. The van der Waals surface area contributed by atoms with Gasteiger partial charge >= 0.3 is 0 Å². The molecular weight excluding hydrogens is 199 g/mol. The van der Waals surface area contributed by atoms with Crippen molar-refractivity contribution in [3.8, 4) is 5.75 Å². The number of pyridine rings is 1. The number of methoxy groups -OCH3 is 1. The summed E-state index contributed by atoms with van der Waals surface area (Å²) in [5.41, 5.74) is -1.19. The molecule has 1 aromatic heterocycles. The van der Waals surface area contributed by atoms with E-state index in [1.54, 1.807) is 0 Å². The minimum Gasteiger partial charge on any atom is -0.495 e.